The van der Waals surface area contributed by atoms with Crippen molar-refractivity contribution in [1.29, 1.82) is 0 Å². The molecule has 1 aliphatic rings. The van der Waals surface area contributed by atoms with Crippen LogP contribution in [0.15, 0.2) is 0 Å². The van der Waals surface area contributed by atoms with Crippen LogP contribution in [0.25, 0.3) is 0 Å². The van der Waals surface area contributed by atoms with Crippen LogP contribution in [-0.4, -0.2) is 22.8 Å². The first-order chi connectivity index (χ1) is 7.06. The summed E-state index contributed by atoms with van der Waals surface area (Å²) in [6.07, 6.45) is 3.31. The van der Waals surface area contributed by atoms with Gasteiger partial charge in [0.25, 0.3) is 0 Å². The summed E-state index contributed by atoms with van der Waals surface area (Å²) in [6, 6.07) is 0. The quantitative estimate of drug-likeness (QED) is 0.753. The number of carboxylic acid groups (broad SMARTS) is 1. The molecule has 3 unspecified atom stereocenters. The second kappa shape index (κ2) is 5.50. The Kier molecular flexibility index (Phi) is 4.58. The number of carbonyl (C=O) groups is 1. The van der Waals surface area contributed by atoms with Gasteiger partial charge in [-0.3, -0.25) is 4.79 Å². The van der Waals surface area contributed by atoms with E-state index in [-0.39, 0.29) is 12.5 Å². The van der Waals surface area contributed by atoms with Crippen molar-refractivity contribution in [2.75, 3.05) is 6.61 Å². The van der Waals surface area contributed by atoms with Crippen molar-refractivity contribution >= 4 is 5.97 Å². The minimum atomic E-state index is -0.667. The summed E-state index contributed by atoms with van der Waals surface area (Å²) in [4.78, 5) is 10.9. The zero-order chi connectivity index (χ0) is 11.4. The molecule has 0 aliphatic heterocycles. The van der Waals surface area contributed by atoms with E-state index in [4.69, 9.17) is 10.2 Å². The number of carboxylic acids is 1. The molecule has 3 atom stereocenters. The lowest BCUT2D eigenvalue weighted by atomic mass is 9.68. The maximum atomic E-state index is 10.9. The maximum Gasteiger partial charge on any atom is 0.306 e. The van der Waals surface area contributed by atoms with Crippen molar-refractivity contribution < 1.29 is 15.0 Å². The predicted octanol–water partition coefficient (Wildman–Crippen LogP) is 2.14. The molecule has 2 N–H and O–H groups in total. The maximum absolute atomic E-state index is 10.9. The summed E-state index contributed by atoms with van der Waals surface area (Å²) in [5.41, 5.74) is 0. The van der Waals surface area contributed by atoms with Crippen LogP contribution in [0.5, 0.6) is 0 Å². The molecule has 1 fully saturated rings. The van der Waals surface area contributed by atoms with Crippen LogP contribution in [0.1, 0.15) is 39.5 Å². The van der Waals surface area contributed by atoms with Crippen molar-refractivity contribution in [2.45, 2.75) is 39.5 Å². The molecule has 0 aromatic carbocycles. The molecule has 0 radical (unpaired) electrons. The zero-order valence-electron chi connectivity index (χ0n) is 9.65. The highest BCUT2D eigenvalue weighted by molar-refractivity contribution is 5.70. The molecular formula is C12H22O3. The van der Waals surface area contributed by atoms with E-state index in [0.29, 0.717) is 17.8 Å². The zero-order valence-corrected chi connectivity index (χ0v) is 9.65. The van der Waals surface area contributed by atoms with Gasteiger partial charge in [-0.15, -0.1) is 0 Å². The number of hydrogen-bond donors (Lipinski definition) is 2. The van der Waals surface area contributed by atoms with Crippen LogP contribution < -0.4 is 0 Å². The van der Waals surface area contributed by atoms with Crippen molar-refractivity contribution in [3.63, 3.8) is 0 Å². The number of aliphatic hydroxyl groups excluding tert-OH is 1. The summed E-state index contributed by atoms with van der Waals surface area (Å²) in [6.45, 7) is 4.56. The number of aliphatic carboxylic acids is 1. The van der Waals surface area contributed by atoms with Gasteiger partial charge in [0, 0.05) is 6.61 Å². The van der Waals surface area contributed by atoms with Crippen molar-refractivity contribution in [2.24, 2.45) is 23.7 Å². The van der Waals surface area contributed by atoms with Crippen molar-refractivity contribution in [3.8, 4) is 0 Å². The third-order valence-corrected chi connectivity index (χ3v) is 3.75. The van der Waals surface area contributed by atoms with E-state index in [1.807, 2.05) is 0 Å². The van der Waals surface area contributed by atoms with Gasteiger partial charge in [0.15, 0.2) is 0 Å². The fourth-order valence-corrected chi connectivity index (χ4v) is 2.89. The SMILES string of the molecule is CC(C)C1CCC(C(=O)O)CC1CCO. The standard InChI is InChI=1S/C12H22O3/c1-8(2)11-4-3-10(12(14)15)7-9(11)5-6-13/h8-11,13H,3-7H2,1-2H3,(H,14,15). The Balaban J connectivity index is 2.60. The summed E-state index contributed by atoms with van der Waals surface area (Å²) in [7, 11) is 0. The summed E-state index contributed by atoms with van der Waals surface area (Å²) in [5.74, 6) is 0.727. The fraction of sp³-hybridized carbons (Fsp3) is 0.917. The highest BCUT2D eigenvalue weighted by Gasteiger charge is 2.34. The van der Waals surface area contributed by atoms with Gasteiger partial charge in [0.1, 0.15) is 0 Å². The molecule has 0 aromatic heterocycles. The summed E-state index contributed by atoms with van der Waals surface area (Å²) in [5, 5.41) is 18.0. The fourth-order valence-electron chi connectivity index (χ4n) is 2.89. The van der Waals surface area contributed by atoms with Crippen molar-refractivity contribution in [1.82, 2.24) is 0 Å². The van der Waals surface area contributed by atoms with E-state index in [1.165, 1.54) is 0 Å². The first kappa shape index (κ1) is 12.5. The molecule has 0 spiro atoms. The van der Waals surface area contributed by atoms with Crippen molar-refractivity contribution in [3.05, 3.63) is 0 Å². The topological polar surface area (TPSA) is 57.5 Å². The van der Waals surface area contributed by atoms with E-state index in [2.05, 4.69) is 13.8 Å². The van der Waals surface area contributed by atoms with Gasteiger partial charge in [-0.05, 0) is 43.4 Å². The lowest BCUT2D eigenvalue weighted by Gasteiger charge is -2.36. The lowest BCUT2D eigenvalue weighted by Crippen LogP contribution is -2.32. The van der Waals surface area contributed by atoms with Crippen LogP contribution in [0.2, 0.25) is 0 Å². The third-order valence-electron chi connectivity index (χ3n) is 3.75. The Morgan fingerprint density at radius 3 is 2.53 bits per heavy atom. The van der Waals surface area contributed by atoms with Gasteiger partial charge in [0.05, 0.1) is 5.92 Å². The van der Waals surface area contributed by atoms with E-state index >= 15 is 0 Å². The Hall–Kier alpha value is -0.570. The highest BCUT2D eigenvalue weighted by atomic mass is 16.4. The van der Waals surface area contributed by atoms with Gasteiger partial charge >= 0.3 is 5.97 Å². The summed E-state index contributed by atoms with van der Waals surface area (Å²) >= 11 is 0. The van der Waals surface area contributed by atoms with Crippen LogP contribution >= 0.6 is 0 Å². The molecule has 0 amide bonds. The lowest BCUT2D eigenvalue weighted by molar-refractivity contribution is -0.144. The molecule has 0 bridgehead atoms. The average Bonchev–Trinajstić information content (AvgIpc) is 2.17. The summed E-state index contributed by atoms with van der Waals surface area (Å²) < 4.78 is 0. The van der Waals surface area contributed by atoms with E-state index in [0.717, 1.165) is 25.7 Å². The Labute approximate surface area is 91.5 Å². The Morgan fingerprint density at radius 1 is 1.40 bits per heavy atom. The molecule has 1 rings (SSSR count). The first-order valence-corrected chi connectivity index (χ1v) is 5.90. The predicted molar refractivity (Wildman–Crippen MR) is 58.5 cm³/mol. The number of hydrogen-bond acceptors (Lipinski definition) is 2. The van der Waals surface area contributed by atoms with Gasteiger partial charge in [-0.2, -0.15) is 0 Å². The first-order valence-electron chi connectivity index (χ1n) is 5.90. The third kappa shape index (κ3) is 3.20. The van der Waals surface area contributed by atoms with E-state index in [1.54, 1.807) is 0 Å². The monoisotopic (exact) mass is 214 g/mol. The van der Waals surface area contributed by atoms with Crippen LogP contribution in [0.3, 0.4) is 0 Å². The smallest absolute Gasteiger partial charge is 0.306 e. The highest BCUT2D eigenvalue weighted by Crippen LogP contribution is 2.39. The Morgan fingerprint density at radius 2 is 2.07 bits per heavy atom. The second-order valence-corrected chi connectivity index (χ2v) is 5.03. The molecule has 0 heterocycles. The molecule has 88 valence electrons. The Bertz CT molecular complexity index is 213. The minimum Gasteiger partial charge on any atom is -0.481 e. The molecular weight excluding hydrogens is 192 g/mol. The molecule has 1 saturated carbocycles. The van der Waals surface area contributed by atoms with E-state index < -0.39 is 5.97 Å². The molecule has 15 heavy (non-hydrogen) atoms. The molecule has 0 saturated heterocycles. The molecule has 1 aliphatic carbocycles. The van der Waals surface area contributed by atoms with Gasteiger partial charge in [-0.25, -0.2) is 0 Å². The number of rotatable bonds is 4. The largest absolute Gasteiger partial charge is 0.481 e. The van der Waals surface area contributed by atoms with Crippen LogP contribution in [0, 0.1) is 23.7 Å². The van der Waals surface area contributed by atoms with Crippen LogP contribution in [-0.2, 0) is 4.79 Å². The van der Waals surface area contributed by atoms with Gasteiger partial charge in [0.2, 0.25) is 0 Å². The number of aliphatic hydroxyl groups is 1. The molecule has 3 nitrogen and oxygen atoms in total. The van der Waals surface area contributed by atoms with Gasteiger partial charge < -0.3 is 10.2 Å². The normalized spacial score (nSPS) is 31.9. The minimum absolute atomic E-state index is 0.181. The van der Waals surface area contributed by atoms with Gasteiger partial charge in [-0.1, -0.05) is 13.8 Å². The van der Waals surface area contributed by atoms with E-state index in [9.17, 15) is 4.79 Å². The molecule has 3 heteroatoms. The van der Waals surface area contributed by atoms with Crippen LogP contribution in [0.4, 0.5) is 0 Å². The molecule has 0 aromatic rings. The second-order valence-electron chi connectivity index (χ2n) is 5.03. The average molecular weight is 214 g/mol.